The van der Waals surface area contributed by atoms with Crippen molar-refractivity contribution >= 4 is 22.7 Å². The van der Waals surface area contributed by atoms with Crippen LogP contribution in [0.25, 0.3) is 0 Å². The maximum Gasteiger partial charge on any atom is 0.256 e. The molecule has 0 aromatic heterocycles. The molecule has 1 saturated carbocycles. The van der Waals surface area contributed by atoms with Crippen molar-refractivity contribution in [3.8, 4) is 0 Å². The van der Waals surface area contributed by atoms with E-state index in [1.165, 1.54) is 6.42 Å². The molecule has 1 amide bonds. The monoisotopic (exact) mass is 169 g/mol. The van der Waals surface area contributed by atoms with E-state index >= 15 is 0 Å². The number of aliphatic imine (C=N–C) groups is 1. The first-order valence-corrected chi connectivity index (χ1v) is 4.82. The van der Waals surface area contributed by atoms with Crippen LogP contribution >= 0.6 is 11.8 Å². The van der Waals surface area contributed by atoms with Gasteiger partial charge in [-0.05, 0) is 11.8 Å². The molecule has 1 aliphatic heterocycles. The fourth-order valence-corrected chi connectivity index (χ4v) is 2.50. The molecule has 0 saturated heterocycles. The third-order valence-corrected chi connectivity index (χ3v) is 3.45. The number of hydrogen-bond acceptors (Lipinski definition) is 2. The molecule has 1 fully saturated rings. The van der Waals surface area contributed by atoms with Gasteiger partial charge >= 0.3 is 0 Å². The Balaban J connectivity index is 2.09. The summed E-state index contributed by atoms with van der Waals surface area (Å²) in [5, 5.41) is 1.08. The fourth-order valence-electron chi connectivity index (χ4n) is 1.39. The summed E-state index contributed by atoms with van der Waals surface area (Å²) in [7, 11) is 0. The van der Waals surface area contributed by atoms with Crippen LogP contribution in [0.3, 0.4) is 0 Å². The molecular weight excluding hydrogens is 158 g/mol. The van der Waals surface area contributed by atoms with Crippen molar-refractivity contribution in [3.05, 3.63) is 0 Å². The Morgan fingerprint density at radius 1 is 1.64 bits per heavy atom. The first-order valence-electron chi connectivity index (χ1n) is 3.84. The molecule has 0 radical (unpaired) electrons. The summed E-state index contributed by atoms with van der Waals surface area (Å²) >= 11 is 1.62. The van der Waals surface area contributed by atoms with Gasteiger partial charge in [0.1, 0.15) is 0 Å². The molecule has 1 unspecified atom stereocenters. The third kappa shape index (κ3) is 1.22. The minimum Gasteiger partial charge on any atom is -0.272 e. The minimum absolute atomic E-state index is 0.0488. The van der Waals surface area contributed by atoms with Crippen molar-refractivity contribution in [1.82, 2.24) is 0 Å². The minimum atomic E-state index is 0.0488. The smallest absolute Gasteiger partial charge is 0.256 e. The lowest BCUT2D eigenvalue weighted by Crippen LogP contribution is -1.98. The Morgan fingerprint density at radius 2 is 2.27 bits per heavy atom. The lowest BCUT2D eigenvalue weighted by Gasteiger charge is -1.99. The molecule has 1 atom stereocenters. The molecule has 3 heteroatoms. The van der Waals surface area contributed by atoms with Gasteiger partial charge in [0.05, 0.1) is 10.8 Å². The van der Waals surface area contributed by atoms with Gasteiger partial charge in [-0.1, -0.05) is 13.8 Å². The van der Waals surface area contributed by atoms with E-state index in [0.29, 0.717) is 17.1 Å². The molecule has 0 bridgehead atoms. The number of carbonyl (C=O) groups is 1. The number of hydrogen-bond donors (Lipinski definition) is 0. The molecule has 2 nitrogen and oxygen atoms in total. The van der Waals surface area contributed by atoms with E-state index in [2.05, 4.69) is 18.8 Å². The van der Waals surface area contributed by atoms with E-state index in [9.17, 15) is 4.79 Å². The van der Waals surface area contributed by atoms with Crippen LogP contribution in [0, 0.1) is 11.3 Å². The Kier molecular flexibility index (Phi) is 1.40. The zero-order valence-electron chi connectivity index (χ0n) is 6.76. The van der Waals surface area contributed by atoms with Crippen LogP contribution in [-0.4, -0.2) is 16.7 Å². The second-order valence-electron chi connectivity index (χ2n) is 3.88. The Bertz CT molecular complexity index is 244. The van der Waals surface area contributed by atoms with E-state index in [1.54, 1.807) is 11.8 Å². The molecule has 1 heterocycles. The average molecular weight is 169 g/mol. The van der Waals surface area contributed by atoms with Gasteiger partial charge in [0.2, 0.25) is 0 Å². The van der Waals surface area contributed by atoms with Gasteiger partial charge in [0.25, 0.3) is 5.91 Å². The fraction of sp³-hybridized carbons (Fsp3) is 0.750. The highest BCUT2D eigenvalue weighted by Crippen LogP contribution is 2.54. The van der Waals surface area contributed by atoms with Gasteiger partial charge in [0, 0.05) is 5.92 Å². The molecule has 0 N–H and O–H groups in total. The van der Waals surface area contributed by atoms with Crippen LogP contribution in [0.4, 0.5) is 0 Å². The van der Waals surface area contributed by atoms with Crippen LogP contribution in [0.2, 0.25) is 0 Å². The predicted molar refractivity (Wildman–Crippen MR) is 46.8 cm³/mol. The number of thioether (sulfide) groups is 1. The average Bonchev–Trinajstić information content (AvgIpc) is 2.39. The standard InChI is InChI=1S/C8H11NOS/c1-8(2)3-5(8)7-9-6(10)4-11-7/h5H,3-4H2,1-2H3. The molecule has 2 aliphatic rings. The molecule has 1 aliphatic carbocycles. The molecule has 0 spiro atoms. The highest BCUT2D eigenvalue weighted by molar-refractivity contribution is 8.15. The van der Waals surface area contributed by atoms with Crippen molar-refractivity contribution in [1.29, 1.82) is 0 Å². The van der Waals surface area contributed by atoms with Crippen LogP contribution in [0.5, 0.6) is 0 Å². The van der Waals surface area contributed by atoms with Crippen LogP contribution in [-0.2, 0) is 4.79 Å². The van der Waals surface area contributed by atoms with Crippen molar-refractivity contribution in [2.45, 2.75) is 20.3 Å². The highest BCUT2D eigenvalue weighted by Gasteiger charge is 2.50. The second kappa shape index (κ2) is 2.09. The van der Waals surface area contributed by atoms with E-state index in [-0.39, 0.29) is 5.91 Å². The third-order valence-electron chi connectivity index (χ3n) is 2.39. The molecule has 60 valence electrons. The van der Waals surface area contributed by atoms with E-state index in [0.717, 1.165) is 5.04 Å². The normalized spacial score (nSPS) is 33.8. The predicted octanol–water partition coefficient (Wildman–Crippen LogP) is 1.70. The van der Waals surface area contributed by atoms with Crippen LogP contribution < -0.4 is 0 Å². The number of carbonyl (C=O) groups excluding carboxylic acids is 1. The van der Waals surface area contributed by atoms with Gasteiger partial charge in [-0.15, -0.1) is 11.8 Å². The number of rotatable bonds is 1. The molecule has 11 heavy (non-hydrogen) atoms. The van der Waals surface area contributed by atoms with Gasteiger partial charge in [-0.25, -0.2) is 4.99 Å². The van der Waals surface area contributed by atoms with E-state index < -0.39 is 0 Å². The molecule has 0 aromatic carbocycles. The van der Waals surface area contributed by atoms with Crippen LogP contribution in [0.1, 0.15) is 20.3 Å². The van der Waals surface area contributed by atoms with Gasteiger partial charge in [0.15, 0.2) is 0 Å². The quantitative estimate of drug-likeness (QED) is 0.598. The molecule has 0 aromatic rings. The zero-order valence-corrected chi connectivity index (χ0v) is 7.57. The number of nitrogens with zero attached hydrogens (tertiary/aromatic N) is 1. The van der Waals surface area contributed by atoms with Crippen molar-refractivity contribution in [3.63, 3.8) is 0 Å². The summed E-state index contributed by atoms with van der Waals surface area (Å²) in [6.45, 7) is 4.45. The van der Waals surface area contributed by atoms with Crippen molar-refractivity contribution in [2.75, 3.05) is 5.75 Å². The highest BCUT2D eigenvalue weighted by atomic mass is 32.2. The lowest BCUT2D eigenvalue weighted by atomic mass is 10.1. The Morgan fingerprint density at radius 3 is 2.64 bits per heavy atom. The number of amides is 1. The molecular formula is C8H11NOS. The SMILES string of the molecule is CC1(C)CC1C1=NC(=O)CS1. The van der Waals surface area contributed by atoms with E-state index in [4.69, 9.17) is 0 Å². The second-order valence-corrected chi connectivity index (χ2v) is 4.87. The van der Waals surface area contributed by atoms with Crippen molar-refractivity contribution < 1.29 is 4.79 Å². The summed E-state index contributed by atoms with van der Waals surface area (Å²) in [6, 6.07) is 0. The van der Waals surface area contributed by atoms with Gasteiger partial charge in [-0.3, -0.25) is 4.79 Å². The molecule has 2 rings (SSSR count). The Labute approximate surface area is 70.5 Å². The summed E-state index contributed by atoms with van der Waals surface area (Å²) in [5.74, 6) is 1.20. The van der Waals surface area contributed by atoms with Gasteiger partial charge < -0.3 is 0 Å². The van der Waals surface area contributed by atoms with Gasteiger partial charge in [-0.2, -0.15) is 0 Å². The summed E-state index contributed by atoms with van der Waals surface area (Å²) in [6.07, 6.45) is 1.20. The maximum absolute atomic E-state index is 10.8. The summed E-state index contributed by atoms with van der Waals surface area (Å²) in [4.78, 5) is 14.8. The first kappa shape index (κ1) is 7.35. The van der Waals surface area contributed by atoms with E-state index in [1.807, 2.05) is 0 Å². The largest absolute Gasteiger partial charge is 0.272 e. The summed E-state index contributed by atoms with van der Waals surface area (Å²) in [5.41, 5.74) is 0.413. The Hall–Kier alpha value is -0.310. The van der Waals surface area contributed by atoms with Crippen LogP contribution in [0.15, 0.2) is 4.99 Å². The topological polar surface area (TPSA) is 29.4 Å². The lowest BCUT2D eigenvalue weighted by molar-refractivity contribution is -0.115. The zero-order chi connectivity index (χ0) is 8.06. The maximum atomic E-state index is 10.8. The van der Waals surface area contributed by atoms with Crippen molar-refractivity contribution in [2.24, 2.45) is 16.3 Å². The first-order chi connectivity index (χ1) is 5.09. The summed E-state index contributed by atoms with van der Waals surface area (Å²) < 4.78 is 0.